The van der Waals surface area contributed by atoms with Crippen molar-refractivity contribution in [1.29, 1.82) is 0 Å². The summed E-state index contributed by atoms with van der Waals surface area (Å²) >= 11 is 0. The summed E-state index contributed by atoms with van der Waals surface area (Å²) in [6.07, 6.45) is -1.89. The Morgan fingerprint density at radius 2 is 0.806 bits per heavy atom. The molecule has 0 saturated carbocycles. The van der Waals surface area contributed by atoms with E-state index in [9.17, 15) is 38.4 Å². The number of nitrogens with zero attached hydrogens (tertiary/aromatic N) is 2. The van der Waals surface area contributed by atoms with Crippen molar-refractivity contribution >= 4 is 47.6 Å². The molecule has 18 nitrogen and oxygen atoms in total. The summed E-state index contributed by atoms with van der Waals surface area (Å²) in [6, 6.07) is -3.58. The summed E-state index contributed by atoms with van der Waals surface area (Å²) < 4.78 is 0. The lowest BCUT2D eigenvalue weighted by atomic mass is 10.2. The molecule has 0 aliphatic carbocycles. The second kappa shape index (κ2) is 15.6. The highest BCUT2D eigenvalue weighted by Crippen LogP contribution is 1.99. The van der Waals surface area contributed by atoms with E-state index in [4.69, 9.17) is 30.6 Å². The van der Waals surface area contributed by atoms with Crippen LogP contribution in [-0.2, 0) is 38.4 Å². The minimum atomic E-state index is -1.79. The molecule has 0 fully saturated rings. The van der Waals surface area contributed by atoms with E-state index in [0.29, 0.717) is 0 Å². The Morgan fingerprint density at radius 1 is 0.500 bits per heavy atom. The molecule has 2 amide bonds. The van der Waals surface area contributed by atoms with Crippen LogP contribution in [-0.4, -0.2) is 139 Å². The molecule has 0 aromatic heterocycles. The first-order chi connectivity index (χ1) is 16.6. The number of carboxylic acids is 6. The van der Waals surface area contributed by atoms with Gasteiger partial charge in [0, 0.05) is 13.1 Å². The second-order valence-corrected chi connectivity index (χ2v) is 7.32. The summed E-state index contributed by atoms with van der Waals surface area (Å²) in [4.78, 5) is 92.0. The van der Waals surface area contributed by atoms with Crippen molar-refractivity contribution in [1.82, 2.24) is 20.4 Å². The van der Waals surface area contributed by atoms with Gasteiger partial charge in [0.25, 0.3) is 0 Å². The zero-order chi connectivity index (χ0) is 28.0. The van der Waals surface area contributed by atoms with E-state index in [1.165, 1.54) is 0 Å². The van der Waals surface area contributed by atoms with Crippen LogP contribution in [0.15, 0.2) is 0 Å². The molecule has 0 aliphatic heterocycles. The van der Waals surface area contributed by atoms with Crippen LogP contribution in [0.25, 0.3) is 0 Å². The molecule has 0 radical (unpaired) electrons. The van der Waals surface area contributed by atoms with E-state index >= 15 is 0 Å². The fourth-order valence-corrected chi connectivity index (χ4v) is 2.73. The summed E-state index contributed by atoms with van der Waals surface area (Å²) in [5, 5.41) is 57.3. The average molecular weight is 522 g/mol. The van der Waals surface area contributed by atoms with Crippen LogP contribution in [0.4, 0.5) is 0 Å². The number of rotatable bonds is 19. The van der Waals surface area contributed by atoms with Gasteiger partial charge in [-0.25, -0.2) is 9.59 Å². The van der Waals surface area contributed by atoms with E-state index < -0.39 is 98.7 Å². The number of nitrogens with one attached hydrogen (secondary N) is 2. The summed E-state index contributed by atoms with van der Waals surface area (Å²) in [5.41, 5.74) is 0. The highest BCUT2D eigenvalue weighted by Gasteiger charge is 2.26. The van der Waals surface area contributed by atoms with Crippen molar-refractivity contribution in [2.24, 2.45) is 0 Å². The Labute approximate surface area is 202 Å². The zero-order valence-corrected chi connectivity index (χ0v) is 18.7. The van der Waals surface area contributed by atoms with Gasteiger partial charge >= 0.3 is 35.8 Å². The maximum absolute atomic E-state index is 12.1. The third-order valence-corrected chi connectivity index (χ3v) is 4.21. The lowest BCUT2D eigenvalue weighted by molar-refractivity contribution is -0.147. The number of hydrogen-bond donors (Lipinski definition) is 8. The molecule has 0 aromatic carbocycles. The van der Waals surface area contributed by atoms with Gasteiger partial charge in [-0.15, -0.1) is 0 Å². The first-order valence-corrected chi connectivity index (χ1v) is 9.96. The number of carbonyl (C=O) groups excluding carboxylic acids is 2. The van der Waals surface area contributed by atoms with Crippen molar-refractivity contribution in [3.05, 3.63) is 0 Å². The molecule has 18 heteroatoms. The van der Waals surface area contributed by atoms with Crippen molar-refractivity contribution in [2.75, 3.05) is 39.3 Å². The summed E-state index contributed by atoms with van der Waals surface area (Å²) in [5.74, 6) is -11.2. The largest absolute Gasteiger partial charge is 0.481 e. The van der Waals surface area contributed by atoms with Crippen LogP contribution in [0.2, 0.25) is 0 Å². The average Bonchev–Trinajstić information content (AvgIpc) is 2.69. The first kappa shape index (κ1) is 31.7. The van der Waals surface area contributed by atoms with E-state index in [-0.39, 0.29) is 13.1 Å². The minimum absolute atomic E-state index is 0.339. The molecule has 2 atom stereocenters. The molecule has 0 aliphatic rings. The molecule has 202 valence electrons. The molecule has 0 heterocycles. The molecular formula is C18H26N4O14. The Balaban J connectivity index is 5.27. The molecular weight excluding hydrogens is 496 g/mol. The summed E-state index contributed by atoms with van der Waals surface area (Å²) in [7, 11) is 0. The third-order valence-electron chi connectivity index (χ3n) is 4.21. The van der Waals surface area contributed by atoms with Crippen LogP contribution >= 0.6 is 0 Å². The molecule has 0 unspecified atom stereocenters. The predicted octanol–water partition coefficient (Wildman–Crippen LogP) is -4.15. The lowest BCUT2D eigenvalue weighted by Gasteiger charge is -2.26. The maximum Gasteiger partial charge on any atom is 0.326 e. The van der Waals surface area contributed by atoms with Gasteiger partial charge in [0.05, 0.1) is 39.0 Å². The Hall–Kier alpha value is -4.32. The standard InChI is InChI=1S/C18H26N4O14/c23-11(19-9(17(33)34)3-13(25)26)5-21(7-15(29)30)1-2-22(8-16(31)32)6-12(24)20-10(18(35)36)4-14(27)28/h9-10H,1-8H2,(H,19,23)(H,20,24)(H,25,26)(H,27,28)(H,29,30)(H,31,32)(H,33,34)(H,35,36)/t9-,10-/m0/s1. The van der Waals surface area contributed by atoms with Gasteiger partial charge in [0.2, 0.25) is 11.8 Å². The van der Waals surface area contributed by atoms with Crippen molar-refractivity contribution in [3.63, 3.8) is 0 Å². The molecule has 0 saturated heterocycles. The minimum Gasteiger partial charge on any atom is -0.481 e. The smallest absolute Gasteiger partial charge is 0.326 e. The predicted molar refractivity (Wildman–Crippen MR) is 112 cm³/mol. The first-order valence-electron chi connectivity index (χ1n) is 9.96. The second-order valence-electron chi connectivity index (χ2n) is 7.32. The van der Waals surface area contributed by atoms with Crippen molar-refractivity contribution in [2.45, 2.75) is 24.9 Å². The van der Waals surface area contributed by atoms with Crippen LogP contribution in [0.3, 0.4) is 0 Å². The number of aliphatic carboxylic acids is 6. The number of carbonyl (C=O) groups is 8. The topological polar surface area (TPSA) is 288 Å². The molecule has 0 aromatic rings. The van der Waals surface area contributed by atoms with Gasteiger partial charge < -0.3 is 41.3 Å². The third kappa shape index (κ3) is 14.8. The fraction of sp³-hybridized carbons (Fsp3) is 0.556. The van der Waals surface area contributed by atoms with Crippen molar-refractivity contribution < 1.29 is 69.0 Å². The molecule has 36 heavy (non-hydrogen) atoms. The van der Waals surface area contributed by atoms with E-state index in [1.54, 1.807) is 0 Å². The molecule has 0 bridgehead atoms. The van der Waals surface area contributed by atoms with E-state index in [0.717, 1.165) is 9.80 Å². The van der Waals surface area contributed by atoms with E-state index in [2.05, 4.69) is 0 Å². The van der Waals surface area contributed by atoms with Gasteiger partial charge in [0.15, 0.2) is 0 Å². The normalized spacial score (nSPS) is 12.4. The van der Waals surface area contributed by atoms with Crippen LogP contribution in [0.1, 0.15) is 12.8 Å². The number of amides is 2. The lowest BCUT2D eigenvalue weighted by Crippen LogP contribution is -2.50. The van der Waals surface area contributed by atoms with E-state index in [1.807, 2.05) is 10.6 Å². The highest BCUT2D eigenvalue weighted by atomic mass is 16.4. The monoisotopic (exact) mass is 522 g/mol. The van der Waals surface area contributed by atoms with Crippen LogP contribution in [0, 0.1) is 0 Å². The van der Waals surface area contributed by atoms with Gasteiger partial charge in [-0.1, -0.05) is 0 Å². The number of carboxylic acid groups (broad SMARTS) is 6. The molecule has 8 N–H and O–H groups in total. The Morgan fingerprint density at radius 3 is 1.03 bits per heavy atom. The van der Waals surface area contributed by atoms with Gasteiger partial charge in [-0.3, -0.25) is 38.6 Å². The van der Waals surface area contributed by atoms with Gasteiger partial charge in [0.1, 0.15) is 12.1 Å². The van der Waals surface area contributed by atoms with Gasteiger partial charge in [-0.05, 0) is 0 Å². The number of hydrogen-bond acceptors (Lipinski definition) is 10. The maximum atomic E-state index is 12.1. The zero-order valence-electron chi connectivity index (χ0n) is 18.7. The quantitative estimate of drug-likeness (QED) is 0.0798. The Bertz CT molecular complexity index is 806. The SMILES string of the molecule is O=C(O)C[C@H](NC(=O)CN(CCN(CC(=O)O)CC(=O)N[C@@H](CC(=O)O)C(=O)O)CC(=O)O)C(=O)O. The summed E-state index contributed by atoms with van der Waals surface area (Å²) in [6.45, 7) is -3.65. The Kier molecular flexibility index (Phi) is 13.7. The van der Waals surface area contributed by atoms with Crippen LogP contribution in [0.5, 0.6) is 0 Å². The van der Waals surface area contributed by atoms with Crippen LogP contribution < -0.4 is 10.6 Å². The van der Waals surface area contributed by atoms with Crippen molar-refractivity contribution in [3.8, 4) is 0 Å². The molecule has 0 spiro atoms. The highest BCUT2D eigenvalue weighted by molar-refractivity contribution is 5.88. The fourth-order valence-electron chi connectivity index (χ4n) is 2.73. The molecule has 0 rings (SSSR count). The van der Waals surface area contributed by atoms with Gasteiger partial charge in [-0.2, -0.15) is 0 Å².